The van der Waals surface area contributed by atoms with E-state index in [9.17, 15) is 13.2 Å². The summed E-state index contributed by atoms with van der Waals surface area (Å²) in [5.41, 5.74) is 0.431. The standard InChI is InChI=1S/C21H26N2O5S/c1-22-21(24)17-3-9-20(10-4-17)29(25,26)23-13-11-16(12-14-23)15-28-19-7-5-18(27-2)6-8-19/h3-10,16H,11-15H2,1-2H3,(H,22,24). The van der Waals surface area contributed by atoms with E-state index in [2.05, 4.69) is 5.32 Å². The van der Waals surface area contributed by atoms with Gasteiger partial charge in [-0.2, -0.15) is 4.31 Å². The predicted molar refractivity (Wildman–Crippen MR) is 110 cm³/mol. The number of piperidine rings is 1. The van der Waals surface area contributed by atoms with E-state index >= 15 is 0 Å². The molecule has 1 aliphatic rings. The molecule has 1 heterocycles. The summed E-state index contributed by atoms with van der Waals surface area (Å²) in [6.07, 6.45) is 1.48. The Balaban J connectivity index is 1.54. The zero-order valence-corrected chi connectivity index (χ0v) is 17.4. The van der Waals surface area contributed by atoms with Crippen molar-refractivity contribution in [2.24, 2.45) is 5.92 Å². The van der Waals surface area contributed by atoms with Gasteiger partial charge in [0, 0.05) is 25.7 Å². The van der Waals surface area contributed by atoms with E-state index in [1.165, 1.54) is 35.6 Å². The summed E-state index contributed by atoms with van der Waals surface area (Å²) < 4.78 is 38.2. The monoisotopic (exact) mass is 418 g/mol. The zero-order valence-electron chi connectivity index (χ0n) is 16.6. The molecule has 3 rings (SSSR count). The summed E-state index contributed by atoms with van der Waals surface area (Å²) in [6.45, 7) is 1.47. The van der Waals surface area contributed by atoms with Gasteiger partial charge in [-0.3, -0.25) is 4.79 Å². The Morgan fingerprint density at radius 2 is 1.62 bits per heavy atom. The molecule has 0 atom stereocenters. The number of benzene rings is 2. The fourth-order valence-electron chi connectivity index (χ4n) is 3.27. The second-order valence-corrected chi connectivity index (χ2v) is 8.88. The van der Waals surface area contributed by atoms with E-state index in [1.807, 2.05) is 24.3 Å². The maximum atomic E-state index is 12.9. The summed E-state index contributed by atoms with van der Waals surface area (Å²) in [5.74, 6) is 1.61. The maximum Gasteiger partial charge on any atom is 0.251 e. The first-order chi connectivity index (χ1) is 13.9. The van der Waals surface area contributed by atoms with Gasteiger partial charge >= 0.3 is 0 Å². The van der Waals surface area contributed by atoms with E-state index in [4.69, 9.17) is 9.47 Å². The molecular weight excluding hydrogens is 392 g/mol. The Morgan fingerprint density at radius 3 is 2.17 bits per heavy atom. The summed E-state index contributed by atoms with van der Waals surface area (Å²) in [6, 6.07) is 13.4. The van der Waals surface area contributed by atoms with Crippen molar-refractivity contribution in [3.05, 3.63) is 54.1 Å². The minimum atomic E-state index is -3.56. The fraction of sp³-hybridized carbons (Fsp3) is 0.381. The topological polar surface area (TPSA) is 84.9 Å². The Bertz CT molecular complexity index is 919. The molecule has 0 aromatic heterocycles. The lowest BCUT2D eigenvalue weighted by molar-refractivity contribution is 0.0963. The first-order valence-corrected chi connectivity index (χ1v) is 11.0. The van der Waals surface area contributed by atoms with Crippen LogP contribution in [0.5, 0.6) is 11.5 Å². The van der Waals surface area contributed by atoms with E-state index in [1.54, 1.807) is 7.11 Å². The molecule has 156 valence electrons. The van der Waals surface area contributed by atoms with Crippen molar-refractivity contribution in [1.29, 1.82) is 0 Å². The predicted octanol–water partition coefficient (Wildman–Crippen LogP) is 2.53. The van der Waals surface area contributed by atoms with E-state index < -0.39 is 10.0 Å². The average Bonchev–Trinajstić information content (AvgIpc) is 2.78. The second kappa shape index (κ2) is 9.28. The Hall–Kier alpha value is -2.58. The first-order valence-electron chi connectivity index (χ1n) is 9.53. The number of hydrogen-bond donors (Lipinski definition) is 1. The van der Waals surface area contributed by atoms with Crippen LogP contribution in [0.15, 0.2) is 53.4 Å². The number of carbonyl (C=O) groups is 1. The number of nitrogens with one attached hydrogen (secondary N) is 1. The summed E-state index contributed by atoms with van der Waals surface area (Å²) >= 11 is 0. The third kappa shape index (κ3) is 5.07. The summed E-state index contributed by atoms with van der Waals surface area (Å²) in [7, 11) is -0.406. The number of carbonyl (C=O) groups excluding carboxylic acids is 1. The van der Waals surface area contributed by atoms with E-state index in [0.717, 1.165) is 24.3 Å². The largest absolute Gasteiger partial charge is 0.497 e. The van der Waals surface area contributed by atoms with Crippen molar-refractivity contribution in [2.45, 2.75) is 17.7 Å². The van der Waals surface area contributed by atoms with Gasteiger partial charge in [0.2, 0.25) is 10.0 Å². The highest BCUT2D eigenvalue weighted by molar-refractivity contribution is 7.89. The van der Waals surface area contributed by atoms with Gasteiger partial charge in [0.25, 0.3) is 5.91 Å². The van der Waals surface area contributed by atoms with Crippen molar-refractivity contribution >= 4 is 15.9 Å². The molecule has 1 N–H and O–H groups in total. The SMILES string of the molecule is CNC(=O)c1ccc(S(=O)(=O)N2CCC(COc3ccc(OC)cc3)CC2)cc1. The fourth-order valence-corrected chi connectivity index (χ4v) is 4.74. The molecular formula is C21H26N2O5S. The van der Waals surface area contributed by atoms with Crippen LogP contribution in [0.3, 0.4) is 0 Å². The van der Waals surface area contributed by atoms with Gasteiger partial charge in [0.1, 0.15) is 11.5 Å². The Labute approximate surface area is 171 Å². The number of nitrogens with zero attached hydrogens (tertiary/aromatic N) is 1. The van der Waals surface area contributed by atoms with Crippen molar-refractivity contribution in [2.75, 3.05) is 33.9 Å². The second-order valence-electron chi connectivity index (χ2n) is 6.94. The summed E-state index contributed by atoms with van der Waals surface area (Å²) in [4.78, 5) is 11.8. The lowest BCUT2D eigenvalue weighted by Gasteiger charge is -2.31. The summed E-state index contributed by atoms with van der Waals surface area (Å²) in [5, 5.41) is 2.52. The van der Waals surface area contributed by atoms with Crippen LogP contribution < -0.4 is 14.8 Å². The third-order valence-electron chi connectivity index (χ3n) is 5.10. The van der Waals surface area contributed by atoms with E-state index in [-0.39, 0.29) is 10.8 Å². The highest BCUT2D eigenvalue weighted by Gasteiger charge is 2.29. The number of methoxy groups -OCH3 is 1. The van der Waals surface area contributed by atoms with Crippen LogP contribution in [0.1, 0.15) is 23.2 Å². The molecule has 2 aromatic rings. The molecule has 1 saturated heterocycles. The number of rotatable bonds is 7. The molecule has 0 spiro atoms. The highest BCUT2D eigenvalue weighted by Crippen LogP contribution is 2.25. The number of hydrogen-bond acceptors (Lipinski definition) is 5. The van der Waals surface area contributed by atoms with Crippen molar-refractivity contribution < 1.29 is 22.7 Å². The average molecular weight is 419 g/mol. The number of sulfonamides is 1. The van der Waals surface area contributed by atoms with Crippen LogP contribution >= 0.6 is 0 Å². The number of ether oxygens (including phenoxy) is 2. The maximum absolute atomic E-state index is 12.9. The molecule has 2 aromatic carbocycles. The third-order valence-corrected chi connectivity index (χ3v) is 7.01. The van der Waals surface area contributed by atoms with Crippen LogP contribution in [0, 0.1) is 5.92 Å². The van der Waals surface area contributed by atoms with E-state index in [0.29, 0.717) is 31.2 Å². The highest BCUT2D eigenvalue weighted by atomic mass is 32.2. The normalized spacial score (nSPS) is 15.7. The van der Waals surface area contributed by atoms with Gasteiger partial charge in [0.15, 0.2) is 0 Å². The van der Waals surface area contributed by atoms with Gasteiger partial charge in [0.05, 0.1) is 18.6 Å². The van der Waals surface area contributed by atoms with Crippen LogP contribution in [-0.2, 0) is 10.0 Å². The molecule has 1 aliphatic heterocycles. The molecule has 29 heavy (non-hydrogen) atoms. The van der Waals surface area contributed by atoms with Crippen LogP contribution in [0.4, 0.5) is 0 Å². The van der Waals surface area contributed by atoms with Crippen LogP contribution in [0.2, 0.25) is 0 Å². The van der Waals surface area contributed by atoms with Gasteiger partial charge in [-0.05, 0) is 67.3 Å². The molecule has 1 fully saturated rings. The minimum Gasteiger partial charge on any atom is -0.497 e. The smallest absolute Gasteiger partial charge is 0.251 e. The van der Waals surface area contributed by atoms with Crippen molar-refractivity contribution in [3.8, 4) is 11.5 Å². The van der Waals surface area contributed by atoms with Gasteiger partial charge in [-0.1, -0.05) is 0 Å². The molecule has 0 aliphatic carbocycles. The first kappa shape index (κ1) is 21.1. The van der Waals surface area contributed by atoms with Crippen LogP contribution in [0.25, 0.3) is 0 Å². The molecule has 1 amide bonds. The Morgan fingerprint density at radius 1 is 1.03 bits per heavy atom. The van der Waals surface area contributed by atoms with Crippen LogP contribution in [-0.4, -0.2) is 52.5 Å². The lowest BCUT2D eigenvalue weighted by Crippen LogP contribution is -2.39. The van der Waals surface area contributed by atoms with Gasteiger partial charge < -0.3 is 14.8 Å². The molecule has 7 nitrogen and oxygen atoms in total. The molecule has 0 unspecified atom stereocenters. The van der Waals surface area contributed by atoms with Crippen molar-refractivity contribution in [3.63, 3.8) is 0 Å². The molecule has 0 bridgehead atoms. The quantitative estimate of drug-likeness (QED) is 0.747. The molecule has 8 heteroatoms. The Kier molecular flexibility index (Phi) is 6.76. The van der Waals surface area contributed by atoms with Gasteiger partial charge in [-0.15, -0.1) is 0 Å². The van der Waals surface area contributed by atoms with Gasteiger partial charge in [-0.25, -0.2) is 8.42 Å². The van der Waals surface area contributed by atoms with Crippen molar-refractivity contribution in [1.82, 2.24) is 9.62 Å². The molecule has 0 saturated carbocycles. The zero-order chi connectivity index (χ0) is 20.9. The molecule has 0 radical (unpaired) electrons. The minimum absolute atomic E-state index is 0.207. The lowest BCUT2D eigenvalue weighted by atomic mass is 9.99. The number of amides is 1.